The molecule has 44 heavy (non-hydrogen) atoms. The fourth-order valence-electron chi connectivity index (χ4n) is 5.29. The molecule has 9 nitrogen and oxygen atoms in total. The molecule has 1 fully saturated rings. The highest BCUT2D eigenvalue weighted by Crippen LogP contribution is 2.22. The van der Waals surface area contributed by atoms with E-state index < -0.39 is 43.4 Å². The summed E-state index contributed by atoms with van der Waals surface area (Å²) in [4.78, 5) is 12.6. The van der Waals surface area contributed by atoms with Gasteiger partial charge in [0, 0.05) is 13.0 Å². The molecule has 0 aromatic carbocycles. The van der Waals surface area contributed by atoms with Crippen LogP contribution in [-0.2, 0) is 23.7 Å². The first-order chi connectivity index (χ1) is 21.4. The van der Waals surface area contributed by atoms with Gasteiger partial charge in [0.05, 0.1) is 19.8 Å². The summed E-state index contributed by atoms with van der Waals surface area (Å²) in [7, 11) is 0. The highest BCUT2D eigenvalue weighted by molar-refractivity contribution is 5.69. The van der Waals surface area contributed by atoms with Crippen molar-refractivity contribution in [1.82, 2.24) is 0 Å². The summed E-state index contributed by atoms with van der Waals surface area (Å²) in [6, 6.07) is 0. The summed E-state index contributed by atoms with van der Waals surface area (Å²) >= 11 is 0. The zero-order valence-electron chi connectivity index (χ0n) is 27.9. The van der Waals surface area contributed by atoms with Crippen LogP contribution in [0.15, 0.2) is 12.2 Å². The minimum absolute atomic E-state index is 0.113. The van der Waals surface area contributed by atoms with Crippen molar-refractivity contribution in [3.05, 3.63) is 12.2 Å². The van der Waals surface area contributed by atoms with E-state index in [2.05, 4.69) is 26.0 Å². The maximum atomic E-state index is 12.6. The Hall–Kier alpha value is -1.07. The molecule has 1 heterocycles. The first-order valence-corrected chi connectivity index (χ1v) is 17.8. The van der Waals surface area contributed by atoms with Crippen molar-refractivity contribution in [1.29, 1.82) is 0 Å². The lowest BCUT2D eigenvalue weighted by molar-refractivity contribution is -0.305. The molecule has 0 saturated carbocycles. The number of rotatable bonds is 29. The average molecular weight is 631 g/mol. The number of hydrogen-bond acceptors (Lipinski definition) is 9. The van der Waals surface area contributed by atoms with Gasteiger partial charge in [-0.05, 0) is 32.1 Å². The molecule has 9 heteroatoms. The van der Waals surface area contributed by atoms with Crippen LogP contribution in [-0.4, -0.2) is 89.6 Å². The molecule has 0 bridgehead atoms. The number of aliphatic hydroxyl groups excluding tert-OH is 4. The molecule has 1 rings (SSSR count). The number of esters is 1. The maximum Gasteiger partial charge on any atom is 0.306 e. The van der Waals surface area contributed by atoms with E-state index >= 15 is 0 Å². The zero-order chi connectivity index (χ0) is 32.3. The van der Waals surface area contributed by atoms with Gasteiger partial charge in [-0.25, -0.2) is 0 Å². The third kappa shape index (κ3) is 20.1. The molecule has 0 aromatic heterocycles. The maximum absolute atomic E-state index is 12.6. The van der Waals surface area contributed by atoms with Gasteiger partial charge in [-0.2, -0.15) is 0 Å². The van der Waals surface area contributed by atoms with Crippen LogP contribution in [0.25, 0.3) is 0 Å². The minimum atomic E-state index is -1.53. The van der Waals surface area contributed by atoms with E-state index in [-0.39, 0.29) is 19.2 Å². The van der Waals surface area contributed by atoms with Crippen molar-refractivity contribution in [2.45, 2.75) is 179 Å². The van der Waals surface area contributed by atoms with E-state index in [4.69, 9.17) is 18.9 Å². The van der Waals surface area contributed by atoms with E-state index in [1.165, 1.54) is 70.6 Å². The monoisotopic (exact) mass is 630 g/mol. The second kappa shape index (κ2) is 28.2. The summed E-state index contributed by atoms with van der Waals surface area (Å²) in [6.45, 7) is 4.49. The Balaban J connectivity index is 2.37. The van der Waals surface area contributed by atoms with E-state index in [0.29, 0.717) is 13.0 Å². The molecule has 1 saturated heterocycles. The number of carbonyl (C=O) groups excluding carboxylic acids is 1. The number of aliphatic hydroxyl groups is 4. The predicted octanol–water partition coefficient (Wildman–Crippen LogP) is 6.13. The van der Waals surface area contributed by atoms with Crippen molar-refractivity contribution >= 4 is 5.97 Å². The largest absolute Gasteiger partial charge is 0.457 e. The van der Waals surface area contributed by atoms with Crippen LogP contribution in [0.5, 0.6) is 0 Å². The standard InChI is InChI=1S/C35H66O9/c1-3-5-7-9-11-13-15-16-18-20-22-24-31(37)43-29(27-41-25-23-21-19-17-14-12-10-8-6-4-2)28-42-35-34(40)33(39)32(38)30(26-36)44-35/h9,11,29-30,32-36,38-40H,3-8,10,12-28H2,1-2H3/b11-9-. The van der Waals surface area contributed by atoms with Gasteiger partial charge in [0.25, 0.3) is 0 Å². The van der Waals surface area contributed by atoms with Crippen molar-refractivity contribution in [3.63, 3.8) is 0 Å². The van der Waals surface area contributed by atoms with E-state index in [1.54, 1.807) is 0 Å². The Morgan fingerprint density at radius 3 is 1.91 bits per heavy atom. The number of hydrogen-bond donors (Lipinski definition) is 4. The number of ether oxygens (including phenoxy) is 4. The first-order valence-electron chi connectivity index (χ1n) is 17.8. The van der Waals surface area contributed by atoms with Crippen molar-refractivity contribution in [2.75, 3.05) is 26.4 Å². The van der Waals surface area contributed by atoms with Crippen LogP contribution in [0.4, 0.5) is 0 Å². The minimum Gasteiger partial charge on any atom is -0.457 e. The van der Waals surface area contributed by atoms with Gasteiger partial charge in [-0.3, -0.25) is 4.79 Å². The summed E-state index contributed by atoms with van der Waals surface area (Å²) in [5, 5.41) is 39.8. The molecule has 0 spiro atoms. The van der Waals surface area contributed by atoms with Crippen molar-refractivity contribution < 1.29 is 44.2 Å². The Morgan fingerprint density at radius 1 is 0.705 bits per heavy atom. The van der Waals surface area contributed by atoms with Crippen LogP contribution < -0.4 is 0 Å². The normalized spacial score (nSPS) is 22.9. The van der Waals surface area contributed by atoms with E-state index in [0.717, 1.165) is 51.4 Å². The third-order valence-corrected chi connectivity index (χ3v) is 8.18. The molecule has 0 radical (unpaired) electrons. The molecular weight excluding hydrogens is 564 g/mol. The molecule has 0 aromatic rings. The Labute approximate surface area is 267 Å². The van der Waals surface area contributed by atoms with Crippen LogP contribution in [0.3, 0.4) is 0 Å². The summed E-state index contributed by atoms with van der Waals surface area (Å²) in [6.07, 6.45) is 19.5. The summed E-state index contributed by atoms with van der Waals surface area (Å²) in [5.41, 5.74) is 0. The second-order valence-corrected chi connectivity index (χ2v) is 12.3. The number of carbonyl (C=O) groups is 1. The Kier molecular flexibility index (Phi) is 26.2. The number of allylic oxidation sites excluding steroid dienone is 2. The molecule has 0 aliphatic carbocycles. The van der Waals surface area contributed by atoms with E-state index in [9.17, 15) is 25.2 Å². The van der Waals surface area contributed by atoms with Crippen LogP contribution in [0.1, 0.15) is 142 Å². The van der Waals surface area contributed by atoms with Gasteiger partial charge >= 0.3 is 5.97 Å². The quantitative estimate of drug-likeness (QED) is 0.0437. The smallest absolute Gasteiger partial charge is 0.306 e. The van der Waals surface area contributed by atoms with Gasteiger partial charge in [0.2, 0.25) is 0 Å². The van der Waals surface area contributed by atoms with Crippen LogP contribution in [0.2, 0.25) is 0 Å². The van der Waals surface area contributed by atoms with Crippen molar-refractivity contribution in [2.24, 2.45) is 0 Å². The van der Waals surface area contributed by atoms with Gasteiger partial charge in [0.15, 0.2) is 6.29 Å². The SMILES string of the molecule is CCCC/C=C\CCCCCCCC(=O)OC(COCCCCCCCCCCCC)COC1OC(CO)C(O)C(O)C1O. The summed E-state index contributed by atoms with van der Waals surface area (Å²) < 4.78 is 22.6. The molecule has 6 unspecified atom stereocenters. The lowest BCUT2D eigenvalue weighted by Gasteiger charge is -2.39. The van der Waals surface area contributed by atoms with Crippen LogP contribution >= 0.6 is 0 Å². The average Bonchev–Trinajstić information content (AvgIpc) is 3.02. The number of unbranched alkanes of at least 4 members (excludes halogenated alkanes) is 16. The van der Waals surface area contributed by atoms with Gasteiger partial charge in [0.1, 0.15) is 30.5 Å². The lowest BCUT2D eigenvalue weighted by Crippen LogP contribution is -2.59. The zero-order valence-corrected chi connectivity index (χ0v) is 27.9. The molecule has 4 N–H and O–H groups in total. The van der Waals surface area contributed by atoms with Gasteiger partial charge in [-0.15, -0.1) is 0 Å². The Morgan fingerprint density at radius 2 is 1.27 bits per heavy atom. The third-order valence-electron chi connectivity index (χ3n) is 8.18. The molecular formula is C35H66O9. The second-order valence-electron chi connectivity index (χ2n) is 12.3. The molecule has 1 aliphatic heterocycles. The lowest BCUT2D eigenvalue weighted by atomic mass is 9.99. The molecule has 6 atom stereocenters. The predicted molar refractivity (Wildman–Crippen MR) is 173 cm³/mol. The fraction of sp³-hybridized carbons (Fsp3) is 0.914. The van der Waals surface area contributed by atoms with Gasteiger partial charge in [-0.1, -0.05) is 116 Å². The van der Waals surface area contributed by atoms with Gasteiger partial charge < -0.3 is 39.4 Å². The topological polar surface area (TPSA) is 135 Å². The molecule has 260 valence electrons. The molecule has 1 aliphatic rings. The van der Waals surface area contributed by atoms with E-state index in [1.807, 2.05) is 0 Å². The highest BCUT2D eigenvalue weighted by atomic mass is 16.7. The Bertz CT molecular complexity index is 687. The summed E-state index contributed by atoms with van der Waals surface area (Å²) in [5.74, 6) is -0.325. The van der Waals surface area contributed by atoms with Crippen molar-refractivity contribution in [3.8, 4) is 0 Å². The first kappa shape index (κ1) is 41.0. The van der Waals surface area contributed by atoms with Crippen LogP contribution in [0, 0.1) is 0 Å². The fourth-order valence-corrected chi connectivity index (χ4v) is 5.29. The highest BCUT2D eigenvalue weighted by Gasteiger charge is 2.44. The molecule has 0 amide bonds.